The fraction of sp³-hybridized carbons (Fsp3) is 0.180. The van der Waals surface area contributed by atoms with Gasteiger partial charge in [0.25, 0.3) is 0 Å². The van der Waals surface area contributed by atoms with E-state index in [0.717, 1.165) is 62.0 Å². The monoisotopic (exact) mass is 736 g/mol. The maximum atomic E-state index is 14.0. The molecule has 56 heavy (non-hydrogen) atoms. The molecule has 3 heterocycles. The highest BCUT2D eigenvalue weighted by Crippen LogP contribution is 2.47. The Bertz CT molecular complexity index is 2790. The summed E-state index contributed by atoms with van der Waals surface area (Å²) >= 11 is 0. The second-order valence-corrected chi connectivity index (χ2v) is 15.4. The zero-order valence-electron chi connectivity index (χ0n) is 33.0. The predicted octanol–water partition coefficient (Wildman–Crippen LogP) is 13.7. The average molecular weight is 737 g/mol. The van der Waals surface area contributed by atoms with Gasteiger partial charge in [-0.2, -0.15) is 0 Å². The van der Waals surface area contributed by atoms with E-state index < -0.39 is 0 Å². The van der Waals surface area contributed by atoms with Gasteiger partial charge in [0, 0.05) is 40.5 Å². The van der Waals surface area contributed by atoms with Gasteiger partial charge in [-0.25, -0.2) is 9.37 Å². The SMILES string of the molecule is Cc1c(C)c(C)c(-c2cc(Oc3ccc4c5ccccc5n(-c5cc(C(C)C)ccn5)c4c3)cc(N3CN(c4ccc(F)cc4)c4ccccc43)c2)c(C)c1C. The van der Waals surface area contributed by atoms with Crippen LogP contribution < -0.4 is 14.5 Å². The maximum absolute atomic E-state index is 14.0. The Morgan fingerprint density at radius 1 is 0.589 bits per heavy atom. The first-order valence-corrected chi connectivity index (χ1v) is 19.4. The predicted molar refractivity (Wildman–Crippen MR) is 230 cm³/mol. The summed E-state index contributed by atoms with van der Waals surface area (Å²) in [6, 6.07) is 40.9. The lowest BCUT2D eigenvalue weighted by Crippen LogP contribution is -2.24. The van der Waals surface area contributed by atoms with Gasteiger partial charge < -0.3 is 14.5 Å². The molecule has 6 aromatic carbocycles. The molecule has 0 amide bonds. The Morgan fingerprint density at radius 2 is 1.23 bits per heavy atom. The van der Waals surface area contributed by atoms with E-state index in [1.807, 2.05) is 18.3 Å². The Labute approximate surface area is 328 Å². The van der Waals surface area contributed by atoms with Crippen LogP contribution in [0.2, 0.25) is 0 Å². The molecule has 0 atom stereocenters. The minimum atomic E-state index is -0.249. The number of aromatic nitrogens is 2. The number of ether oxygens (including phenoxy) is 1. The van der Waals surface area contributed by atoms with Crippen LogP contribution in [0, 0.1) is 40.4 Å². The lowest BCUT2D eigenvalue weighted by Gasteiger charge is -2.25. The molecular formula is C50H45FN4O. The standard InChI is InChI=1S/C50H45FN4O/c1-30(2)36-22-23-52-49(26-36)55-45-13-9-8-12-43(45)44-21-20-41(28-48(44)55)56-42-25-37(50-34(6)32(4)31(3)33(5)35(50)7)24-40(27-42)54-29-53(39-18-16-38(51)17-19-39)46-14-10-11-15-47(46)54/h8-28,30H,29H2,1-7H3. The van der Waals surface area contributed by atoms with Crippen molar-refractivity contribution in [2.75, 3.05) is 16.5 Å². The molecule has 0 saturated heterocycles. The molecule has 9 rings (SSSR count). The van der Waals surface area contributed by atoms with Crippen LogP contribution in [0.4, 0.5) is 27.1 Å². The van der Waals surface area contributed by atoms with Crippen LogP contribution in [0.5, 0.6) is 11.5 Å². The fourth-order valence-corrected chi connectivity index (χ4v) is 8.46. The second-order valence-electron chi connectivity index (χ2n) is 15.4. The number of rotatable bonds is 7. The van der Waals surface area contributed by atoms with Gasteiger partial charge in [-0.3, -0.25) is 4.57 Å². The molecule has 278 valence electrons. The summed E-state index contributed by atoms with van der Waals surface area (Å²) in [5.41, 5.74) is 16.3. The highest BCUT2D eigenvalue weighted by atomic mass is 19.1. The third-order valence-electron chi connectivity index (χ3n) is 11.9. The Balaban J connectivity index is 1.21. The van der Waals surface area contributed by atoms with Gasteiger partial charge in [-0.1, -0.05) is 44.2 Å². The van der Waals surface area contributed by atoms with Gasteiger partial charge in [-0.15, -0.1) is 0 Å². The summed E-state index contributed by atoms with van der Waals surface area (Å²) in [6.45, 7) is 16.1. The smallest absolute Gasteiger partial charge is 0.137 e. The number of hydrogen-bond acceptors (Lipinski definition) is 4. The van der Waals surface area contributed by atoms with Crippen LogP contribution in [0.25, 0.3) is 38.8 Å². The molecule has 5 nitrogen and oxygen atoms in total. The van der Waals surface area contributed by atoms with Crippen molar-refractivity contribution in [3.63, 3.8) is 0 Å². The number of pyridine rings is 1. The Hall–Kier alpha value is -6.40. The van der Waals surface area contributed by atoms with Crippen molar-refractivity contribution < 1.29 is 9.13 Å². The molecule has 2 aromatic heterocycles. The molecular weight excluding hydrogens is 692 g/mol. The first-order valence-electron chi connectivity index (χ1n) is 19.4. The Morgan fingerprint density at radius 3 is 1.95 bits per heavy atom. The largest absolute Gasteiger partial charge is 0.457 e. The summed E-state index contributed by atoms with van der Waals surface area (Å²) in [6.07, 6.45) is 1.91. The first-order chi connectivity index (χ1) is 27.1. The van der Waals surface area contributed by atoms with Gasteiger partial charge in [0.2, 0.25) is 0 Å². The third-order valence-corrected chi connectivity index (χ3v) is 11.9. The molecule has 0 radical (unpaired) electrons. The second kappa shape index (κ2) is 13.7. The number of para-hydroxylation sites is 3. The van der Waals surface area contributed by atoms with E-state index in [1.165, 1.54) is 56.5 Å². The molecule has 0 aliphatic carbocycles. The zero-order valence-corrected chi connectivity index (χ0v) is 33.0. The van der Waals surface area contributed by atoms with E-state index in [-0.39, 0.29) is 5.82 Å². The molecule has 0 spiro atoms. The molecule has 0 saturated carbocycles. The van der Waals surface area contributed by atoms with Gasteiger partial charge >= 0.3 is 0 Å². The van der Waals surface area contributed by atoms with Gasteiger partial charge in [0.15, 0.2) is 0 Å². The normalized spacial score (nSPS) is 12.7. The van der Waals surface area contributed by atoms with Crippen LogP contribution in [-0.2, 0) is 0 Å². The molecule has 0 unspecified atom stereocenters. The van der Waals surface area contributed by atoms with Crippen molar-refractivity contribution in [1.82, 2.24) is 9.55 Å². The fourth-order valence-electron chi connectivity index (χ4n) is 8.46. The molecule has 1 aliphatic heterocycles. The van der Waals surface area contributed by atoms with Crippen molar-refractivity contribution in [2.45, 2.75) is 54.4 Å². The van der Waals surface area contributed by atoms with Crippen LogP contribution >= 0.6 is 0 Å². The van der Waals surface area contributed by atoms with Crippen molar-refractivity contribution in [3.8, 4) is 28.4 Å². The number of anilines is 4. The number of benzene rings is 6. The summed E-state index contributed by atoms with van der Waals surface area (Å²) in [5, 5.41) is 2.31. The van der Waals surface area contributed by atoms with E-state index in [4.69, 9.17) is 9.72 Å². The molecule has 1 aliphatic rings. The molecule has 0 N–H and O–H groups in total. The van der Waals surface area contributed by atoms with Crippen molar-refractivity contribution in [2.24, 2.45) is 0 Å². The summed E-state index contributed by atoms with van der Waals surface area (Å²) in [7, 11) is 0. The number of hydrogen-bond donors (Lipinski definition) is 0. The van der Waals surface area contributed by atoms with E-state index >= 15 is 0 Å². The number of nitrogens with zero attached hydrogens (tertiary/aromatic N) is 4. The van der Waals surface area contributed by atoms with Crippen molar-refractivity contribution >= 4 is 44.6 Å². The zero-order chi connectivity index (χ0) is 38.8. The number of halogens is 1. The lowest BCUT2D eigenvalue weighted by molar-refractivity contribution is 0.483. The lowest BCUT2D eigenvalue weighted by atomic mass is 9.86. The minimum Gasteiger partial charge on any atom is -0.457 e. The summed E-state index contributed by atoms with van der Waals surface area (Å²) < 4.78 is 23.2. The van der Waals surface area contributed by atoms with E-state index in [0.29, 0.717) is 12.6 Å². The minimum absolute atomic E-state index is 0.249. The average Bonchev–Trinajstić information content (AvgIpc) is 3.76. The first kappa shape index (κ1) is 35.3. The summed E-state index contributed by atoms with van der Waals surface area (Å²) in [5.74, 6) is 2.50. The maximum Gasteiger partial charge on any atom is 0.137 e. The van der Waals surface area contributed by atoms with Crippen LogP contribution in [0.15, 0.2) is 128 Å². The van der Waals surface area contributed by atoms with Gasteiger partial charge in [-0.05, 0) is 164 Å². The van der Waals surface area contributed by atoms with E-state index in [1.54, 1.807) is 0 Å². The quantitative estimate of drug-likeness (QED) is 0.163. The topological polar surface area (TPSA) is 33.5 Å². The molecule has 0 bridgehead atoms. The molecule has 0 fully saturated rings. The van der Waals surface area contributed by atoms with E-state index in [9.17, 15) is 4.39 Å². The van der Waals surface area contributed by atoms with Crippen LogP contribution in [0.3, 0.4) is 0 Å². The highest BCUT2D eigenvalue weighted by Gasteiger charge is 2.29. The summed E-state index contributed by atoms with van der Waals surface area (Å²) in [4.78, 5) is 9.41. The van der Waals surface area contributed by atoms with Crippen LogP contribution in [0.1, 0.15) is 53.1 Å². The highest BCUT2D eigenvalue weighted by molar-refractivity contribution is 6.09. The molecule has 6 heteroatoms. The third kappa shape index (κ3) is 5.88. The van der Waals surface area contributed by atoms with Gasteiger partial charge in [0.1, 0.15) is 29.8 Å². The number of fused-ring (bicyclic) bond motifs is 4. The van der Waals surface area contributed by atoms with Gasteiger partial charge in [0.05, 0.1) is 22.4 Å². The van der Waals surface area contributed by atoms with Crippen molar-refractivity contribution in [1.29, 1.82) is 0 Å². The van der Waals surface area contributed by atoms with Crippen LogP contribution in [-0.4, -0.2) is 16.2 Å². The van der Waals surface area contributed by atoms with E-state index in [2.05, 4.69) is 160 Å². The molecule has 8 aromatic rings. The Kier molecular flexibility index (Phi) is 8.65. The van der Waals surface area contributed by atoms with Crippen molar-refractivity contribution in [3.05, 3.63) is 167 Å².